The molecule has 1 heterocycles. The summed E-state index contributed by atoms with van der Waals surface area (Å²) < 4.78 is 28.8. The molecule has 0 aliphatic rings. The van der Waals surface area contributed by atoms with Gasteiger partial charge in [-0.15, -0.1) is 0 Å². The van der Waals surface area contributed by atoms with Gasteiger partial charge in [-0.3, -0.25) is 13.8 Å². The standard InChI is InChI=1S/C23H22N4O3S/c1-16-11-13-18(14-12-16)31(29,30)27(3)23-20(15-24-26(23)2)22(28)25-21-10-6-8-17-7-4-5-9-19(17)21/h4-15H,1-3H3,(H,25,28). The molecule has 3 aromatic carbocycles. The highest BCUT2D eigenvalue weighted by atomic mass is 32.2. The number of hydrogen-bond acceptors (Lipinski definition) is 4. The number of aryl methyl sites for hydroxylation is 2. The van der Waals surface area contributed by atoms with Crippen molar-refractivity contribution < 1.29 is 13.2 Å². The first-order chi connectivity index (χ1) is 14.8. The highest BCUT2D eigenvalue weighted by Crippen LogP contribution is 2.28. The van der Waals surface area contributed by atoms with E-state index in [4.69, 9.17) is 0 Å². The van der Waals surface area contributed by atoms with Crippen molar-refractivity contribution >= 4 is 38.2 Å². The van der Waals surface area contributed by atoms with Crippen molar-refractivity contribution in [3.8, 4) is 0 Å². The molecule has 0 radical (unpaired) electrons. The van der Waals surface area contributed by atoms with Gasteiger partial charge in [0.15, 0.2) is 5.82 Å². The van der Waals surface area contributed by atoms with Crippen LogP contribution in [0.4, 0.5) is 11.5 Å². The molecule has 4 aromatic rings. The number of amides is 1. The Bertz CT molecular complexity index is 1370. The molecule has 31 heavy (non-hydrogen) atoms. The van der Waals surface area contributed by atoms with Gasteiger partial charge in [0.05, 0.1) is 11.1 Å². The summed E-state index contributed by atoms with van der Waals surface area (Å²) in [4.78, 5) is 13.3. The maximum atomic E-state index is 13.2. The summed E-state index contributed by atoms with van der Waals surface area (Å²) in [5.74, 6) is -0.260. The summed E-state index contributed by atoms with van der Waals surface area (Å²) in [7, 11) is -0.852. The van der Waals surface area contributed by atoms with Crippen molar-refractivity contribution in [3.05, 3.63) is 84.1 Å². The van der Waals surface area contributed by atoms with Crippen molar-refractivity contribution in [2.45, 2.75) is 11.8 Å². The summed E-state index contributed by atoms with van der Waals surface area (Å²) in [6.07, 6.45) is 1.37. The topological polar surface area (TPSA) is 84.3 Å². The minimum absolute atomic E-state index is 0.141. The molecule has 0 fully saturated rings. The van der Waals surface area contributed by atoms with Crippen LogP contribution in [0.5, 0.6) is 0 Å². The Morgan fingerprint density at radius 3 is 2.42 bits per heavy atom. The Balaban J connectivity index is 1.70. The van der Waals surface area contributed by atoms with Gasteiger partial charge in [0.1, 0.15) is 5.56 Å². The number of fused-ring (bicyclic) bond motifs is 1. The summed E-state index contributed by atoms with van der Waals surface area (Å²) >= 11 is 0. The molecule has 158 valence electrons. The quantitative estimate of drug-likeness (QED) is 0.515. The van der Waals surface area contributed by atoms with E-state index in [1.807, 2.05) is 49.4 Å². The van der Waals surface area contributed by atoms with E-state index < -0.39 is 15.9 Å². The summed E-state index contributed by atoms with van der Waals surface area (Å²) in [6, 6.07) is 19.9. The van der Waals surface area contributed by atoms with E-state index in [9.17, 15) is 13.2 Å². The molecule has 0 aliphatic carbocycles. The molecule has 1 aromatic heterocycles. The molecule has 0 saturated carbocycles. The van der Waals surface area contributed by atoms with Crippen molar-refractivity contribution in [1.82, 2.24) is 9.78 Å². The molecule has 0 aliphatic heterocycles. The molecular formula is C23H22N4O3S. The Morgan fingerprint density at radius 1 is 1.00 bits per heavy atom. The van der Waals surface area contributed by atoms with E-state index in [0.29, 0.717) is 5.69 Å². The van der Waals surface area contributed by atoms with Crippen molar-refractivity contribution in [2.75, 3.05) is 16.7 Å². The van der Waals surface area contributed by atoms with Crippen LogP contribution >= 0.6 is 0 Å². The van der Waals surface area contributed by atoms with Crippen LogP contribution in [-0.2, 0) is 17.1 Å². The van der Waals surface area contributed by atoms with Crippen LogP contribution in [0, 0.1) is 6.92 Å². The third-order valence-electron chi connectivity index (χ3n) is 5.17. The van der Waals surface area contributed by atoms with Crippen LogP contribution in [0.25, 0.3) is 10.8 Å². The lowest BCUT2D eigenvalue weighted by Crippen LogP contribution is -2.30. The minimum atomic E-state index is -3.87. The van der Waals surface area contributed by atoms with E-state index in [1.165, 1.54) is 17.9 Å². The molecule has 0 unspecified atom stereocenters. The van der Waals surface area contributed by atoms with E-state index in [2.05, 4.69) is 10.4 Å². The Labute approximate surface area is 181 Å². The lowest BCUT2D eigenvalue weighted by Gasteiger charge is -2.21. The molecule has 8 heteroatoms. The highest BCUT2D eigenvalue weighted by Gasteiger charge is 2.28. The predicted molar refractivity (Wildman–Crippen MR) is 122 cm³/mol. The largest absolute Gasteiger partial charge is 0.321 e. The predicted octanol–water partition coefficient (Wildman–Crippen LogP) is 3.96. The number of nitrogens with zero attached hydrogens (tertiary/aromatic N) is 3. The van der Waals surface area contributed by atoms with Gasteiger partial charge >= 0.3 is 0 Å². The maximum Gasteiger partial charge on any atom is 0.265 e. The van der Waals surface area contributed by atoms with Crippen LogP contribution in [0.3, 0.4) is 0 Å². The fourth-order valence-corrected chi connectivity index (χ4v) is 4.71. The number of carbonyl (C=O) groups is 1. The normalized spacial score (nSPS) is 11.5. The molecule has 1 N–H and O–H groups in total. The van der Waals surface area contributed by atoms with Gasteiger partial charge in [0, 0.05) is 25.2 Å². The summed E-state index contributed by atoms with van der Waals surface area (Å²) in [5.41, 5.74) is 1.76. The van der Waals surface area contributed by atoms with Crippen molar-refractivity contribution in [1.29, 1.82) is 0 Å². The van der Waals surface area contributed by atoms with Crippen LogP contribution in [0.2, 0.25) is 0 Å². The number of hydrogen-bond donors (Lipinski definition) is 1. The van der Waals surface area contributed by atoms with Gasteiger partial charge in [0.2, 0.25) is 0 Å². The number of sulfonamides is 1. The highest BCUT2D eigenvalue weighted by molar-refractivity contribution is 7.92. The summed E-state index contributed by atoms with van der Waals surface area (Å²) in [6.45, 7) is 1.89. The maximum absolute atomic E-state index is 13.2. The second-order valence-corrected chi connectivity index (χ2v) is 9.24. The van der Waals surface area contributed by atoms with Crippen LogP contribution in [0.1, 0.15) is 15.9 Å². The number of benzene rings is 3. The third kappa shape index (κ3) is 3.77. The average molecular weight is 435 g/mol. The number of aromatic nitrogens is 2. The second-order valence-electron chi connectivity index (χ2n) is 7.27. The fourth-order valence-electron chi connectivity index (χ4n) is 3.47. The van der Waals surface area contributed by atoms with Crippen LogP contribution < -0.4 is 9.62 Å². The van der Waals surface area contributed by atoms with Gasteiger partial charge < -0.3 is 5.32 Å². The smallest absolute Gasteiger partial charge is 0.265 e. The molecule has 0 saturated heterocycles. The molecule has 0 atom stereocenters. The second kappa shape index (κ2) is 7.88. The first-order valence-corrected chi connectivity index (χ1v) is 11.1. The third-order valence-corrected chi connectivity index (χ3v) is 6.93. The zero-order chi connectivity index (χ0) is 22.2. The minimum Gasteiger partial charge on any atom is -0.321 e. The monoisotopic (exact) mass is 434 g/mol. The SMILES string of the molecule is Cc1ccc(S(=O)(=O)N(C)c2c(C(=O)Nc3cccc4ccccc34)cnn2C)cc1. The van der Waals surface area contributed by atoms with Gasteiger partial charge in [-0.2, -0.15) is 5.10 Å². The van der Waals surface area contributed by atoms with E-state index in [-0.39, 0.29) is 16.3 Å². The van der Waals surface area contributed by atoms with Crippen molar-refractivity contribution in [2.24, 2.45) is 7.05 Å². The van der Waals surface area contributed by atoms with Gasteiger partial charge in [-0.05, 0) is 30.5 Å². The molecule has 1 amide bonds. The Morgan fingerprint density at radius 2 is 1.68 bits per heavy atom. The molecular weight excluding hydrogens is 412 g/mol. The Kier molecular flexibility index (Phi) is 5.24. The van der Waals surface area contributed by atoms with E-state index in [1.54, 1.807) is 31.3 Å². The van der Waals surface area contributed by atoms with Gasteiger partial charge in [-0.1, -0.05) is 54.1 Å². The number of anilines is 2. The van der Waals surface area contributed by atoms with Crippen LogP contribution in [0.15, 0.2) is 77.8 Å². The lowest BCUT2D eigenvalue weighted by molar-refractivity contribution is 0.102. The zero-order valence-electron chi connectivity index (χ0n) is 17.4. The molecule has 4 rings (SSSR count). The number of rotatable bonds is 5. The Hall–Kier alpha value is -3.65. The lowest BCUT2D eigenvalue weighted by atomic mass is 10.1. The van der Waals surface area contributed by atoms with Crippen molar-refractivity contribution in [3.63, 3.8) is 0 Å². The molecule has 7 nitrogen and oxygen atoms in total. The fraction of sp³-hybridized carbons (Fsp3) is 0.130. The van der Waals surface area contributed by atoms with Crippen LogP contribution in [-0.4, -0.2) is 31.2 Å². The number of nitrogens with one attached hydrogen (secondary N) is 1. The summed E-state index contributed by atoms with van der Waals surface area (Å²) in [5, 5.41) is 8.91. The molecule has 0 spiro atoms. The van der Waals surface area contributed by atoms with E-state index >= 15 is 0 Å². The first-order valence-electron chi connectivity index (χ1n) is 9.66. The zero-order valence-corrected chi connectivity index (χ0v) is 18.2. The number of carbonyl (C=O) groups excluding carboxylic acids is 1. The average Bonchev–Trinajstić information content (AvgIpc) is 3.15. The van der Waals surface area contributed by atoms with Gasteiger partial charge in [0.25, 0.3) is 15.9 Å². The first kappa shape index (κ1) is 20.6. The van der Waals surface area contributed by atoms with E-state index in [0.717, 1.165) is 20.6 Å². The van der Waals surface area contributed by atoms with Gasteiger partial charge in [-0.25, -0.2) is 8.42 Å². The molecule has 0 bridgehead atoms.